The van der Waals surface area contributed by atoms with Crippen LogP contribution in [0.4, 0.5) is 0 Å². The van der Waals surface area contributed by atoms with Crippen molar-refractivity contribution in [1.82, 2.24) is 4.90 Å². The fourth-order valence-corrected chi connectivity index (χ4v) is 6.45. The van der Waals surface area contributed by atoms with Gasteiger partial charge in [0, 0.05) is 17.6 Å². The molecular weight excluding hydrogens is 266 g/mol. The zero-order chi connectivity index (χ0) is 15.9. The summed E-state index contributed by atoms with van der Waals surface area (Å²) in [7, 11) is 0. The summed E-state index contributed by atoms with van der Waals surface area (Å²) in [5.41, 5.74) is 0.332. The van der Waals surface area contributed by atoms with Crippen LogP contribution < -0.4 is 0 Å². The summed E-state index contributed by atoms with van der Waals surface area (Å²) >= 11 is 0. The van der Waals surface area contributed by atoms with E-state index >= 15 is 0 Å². The lowest BCUT2D eigenvalue weighted by Crippen LogP contribution is -2.52. The number of likely N-dealkylation sites (tertiary alicyclic amines) is 1. The van der Waals surface area contributed by atoms with Gasteiger partial charge in [0.15, 0.2) is 0 Å². The molecule has 1 heterocycles. The third-order valence-corrected chi connectivity index (χ3v) is 7.00. The molecule has 4 atom stereocenters. The van der Waals surface area contributed by atoms with Crippen molar-refractivity contribution in [2.45, 2.75) is 110 Å². The van der Waals surface area contributed by atoms with Gasteiger partial charge in [0.25, 0.3) is 0 Å². The topological polar surface area (TPSA) is 3.24 Å². The van der Waals surface area contributed by atoms with E-state index < -0.39 is 0 Å². The van der Waals surface area contributed by atoms with E-state index in [9.17, 15) is 0 Å². The fraction of sp³-hybridized carbons (Fsp3) is 1.00. The summed E-state index contributed by atoms with van der Waals surface area (Å²) in [6, 6.07) is 1.71. The Bertz CT molecular complexity index is 361. The monoisotopic (exact) mass is 305 g/mol. The first kappa shape index (κ1) is 16.8. The average molecular weight is 306 g/mol. The normalized spacial score (nSPS) is 38.5. The van der Waals surface area contributed by atoms with E-state index in [-0.39, 0.29) is 0 Å². The van der Waals surface area contributed by atoms with Gasteiger partial charge < -0.3 is 0 Å². The Hall–Kier alpha value is -0.0400. The largest absolute Gasteiger partial charge is 0.292 e. The lowest BCUT2D eigenvalue weighted by Gasteiger charge is -2.45. The maximum Gasteiger partial charge on any atom is 0.0161 e. The summed E-state index contributed by atoms with van der Waals surface area (Å²) in [5.74, 6) is 3.82. The molecule has 1 heteroatoms. The van der Waals surface area contributed by atoms with E-state index in [1.54, 1.807) is 0 Å². The molecule has 0 aromatic heterocycles. The van der Waals surface area contributed by atoms with Crippen LogP contribution in [-0.4, -0.2) is 22.5 Å². The molecular formula is C21H39N. The average Bonchev–Trinajstić information content (AvgIpc) is 2.83. The van der Waals surface area contributed by atoms with Crippen LogP contribution in [0.2, 0.25) is 0 Å². The van der Waals surface area contributed by atoms with Crippen LogP contribution in [0.1, 0.15) is 92.4 Å². The number of hydrogen-bond donors (Lipinski definition) is 0. The van der Waals surface area contributed by atoms with Crippen molar-refractivity contribution < 1.29 is 0 Å². The Morgan fingerprint density at radius 1 is 0.818 bits per heavy atom. The lowest BCUT2D eigenvalue weighted by molar-refractivity contribution is 0.0286. The minimum Gasteiger partial charge on any atom is -0.292 e. The maximum atomic E-state index is 3.00. The summed E-state index contributed by atoms with van der Waals surface area (Å²) in [5, 5.41) is 0. The van der Waals surface area contributed by atoms with Gasteiger partial charge in [-0.15, -0.1) is 0 Å². The van der Waals surface area contributed by atoms with Crippen LogP contribution in [0, 0.1) is 23.7 Å². The molecule has 1 nitrogen and oxygen atoms in total. The molecule has 3 aliphatic rings. The van der Waals surface area contributed by atoms with Gasteiger partial charge in [0.2, 0.25) is 0 Å². The maximum absolute atomic E-state index is 3.00. The lowest BCUT2D eigenvalue weighted by atomic mass is 9.67. The first-order valence-electron chi connectivity index (χ1n) is 10.2. The van der Waals surface area contributed by atoms with Gasteiger partial charge in [0.1, 0.15) is 0 Å². The van der Waals surface area contributed by atoms with Crippen LogP contribution in [0.25, 0.3) is 0 Å². The van der Waals surface area contributed by atoms with Crippen LogP contribution in [0.15, 0.2) is 0 Å². The van der Waals surface area contributed by atoms with Crippen molar-refractivity contribution in [2.75, 3.05) is 0 Å². The standard InChI is InChI=1S/C21H39N/c1-15(2)20-19(16-11-7-6-8-12-16)17-13-9-10-14-18(17)22(20)21(3,4)5/h15-20H,6-14H2,1-5H3. The molecule has 0 amide bonds. The molecule has 22 heavy (non-hydrogen) atoms. The SMILES string of the molecule is CC(C)C1C(C2CCCCC2)C2CCCCC2N1C(C)(C)C. The molecule has 0 bridgehead atoms. The number of rotatable bonds is 2. The quantitative estimate of drug-likeness (QED) is 0.615. The van der Waals surface area contributed by atoms with Gasteiger partial charge in [0.05, 0.1) is 0 Å². The van der Waals surface area contributed by atoms with Crippen LogP contribution in [-0.2, 0) is 0 Å². The Kier molecular flexibility index (Phi) is 4.93. The zero-order valence-corrected chi connectivity index (χ0v) is 15.8. The van der Waals surface area contributed by atoms with Crippen molar-refractivity contribution in [1.29, 1.82) is 0 Å². The second kappa shape index (κ2) is 6.46. The van der Waals surface area contributed by atoms with E-state index in [0.29, 0.717) is 5.54 Å². The highest BCUT2D eigenvalue weighted by atomic mass is 15.3. The van der Waals surface area contributed by atoms with Gasteiger partial charge in [-0.3, -0.25) is 4.90 Å². The van der Waals surface area contributed by atoms with Gasteiger partial charge in [-0.2, -0.15) is 0 Å². The zero-order valence-electron chi connectivity index (χ0n) is 15.8. The summed E-state index contributed by atoms with van der Waals surface area (Å²) in [6.45, 7) is 12.4. The van der Waals surface area contributed by atoms with Gasteiger partial charge in [-0.05, 0) is 57.3 Å². The van der Waals surface area contributed by atoms with Crippen molar-refractivity contribution in [3.8, 4) is 0 Å². The molecule has 3 fully saturated rings. The first-order chi connectivity index (χ1) is 10.4. The van der Waals surface area contributed by atoms with Crippen molar-refractivity contribution in [2.24, 2.45) is 23.7 Å². The van der Waals surface area contributed by atoms with Gasteiger partial charge in [-0.1, -0.05) is 58.8 Å². The van der Waals surface area contributed by atoms with Crippen molar-refractivity contribution >= 4 is 0 Å². The van der Waals surface area contributed by atoms with Gasteiger partial charge in [-0.25, -0.2) is 0 Å². The minimum absolute atomic E-state index is 0.332. The number of hydrogen-bond acceptors (Lipinski definition) is 1. The fourth-order valence-electron chi connectivity index (χ4n) is 6.45. The van der Waals surface area contributed by atoms with Gasteiger partial charge >= 0.3 is 0 Å². The highest BCUT2D eigenvalue weighted by molar-refractivity contribution is 5.07. The molecule has 0 spiro atoms. The number of fused-ring (bicyclic) bond motifs is 1. The minimum atomic E-state index is 0.332. The number of nitrogens with zero attached hydrogens (tertiary/aromatic N) is 1. The van der Waals surface area contributed by atoms with Crippen LogP contribution in [0.3, 0.4) is 0 Å². The summed E-state index contributed by atoms with van der Waals surface area (Å²) in [4.78, 5) is 3.00. The molecule has 128 valence electrons. The predicted octanol–water partition coefficient (Wildman–Crippen LogP) is 5.88. The molecule has 1 aliphatic heterocycles. The Morgan fingerprint density at radius 2 is 1.41 bits per heavy atom. The Morgan fingerprint density at radius 3 is 2.00 bits per heavy atom. The molecule has 0 aromatic carbocycles. The Balaban J connectivity index is 1.94. The Labute approximate surface area is 139 Å². The molecule has 0 N–H and O–H groups in total. The summed E-state index contributed by atoms with van der Waals surface area (Å²) < 4.78 is 0. The van der Waals surface area contributed by atoms with Crippen LogP contribution >= 0.6 is 0 Å². The molecule has 3 rings (SSSR count). The summed E-state index contributed by atoms with van der Waals surface area (Å²) in [6.07, 6.45) is 13.5. The molecule has 0 radical (unpaired) electrons. The smallest absolute Gasteiger partial charge is 0.0161 e. The highest BCUT2D eigenvalue weighted by Crippen LogP contribution is 2.53. The van der Waals surface area contributed by atoms with E-state index in [4.69, 9.17) is 0 Å². The highest BCUT2D eigenvalue weighted by Gasteiger charge is 2.54. The molecule has 4 unspecified atom stereocenters. The molecule has 2 aliphatic carbocycles. The second-order valence-electron chi connectivity index (χ2n) is 9.80. The first-order valence-corrected chi connectivity index (χ1v) is 10.2. The van der Waals surface area contributed by atoms with Crippen molar-refractivity contribution in [3.05, 3.63) is 0 Å². The van der Waals surface area contributed by atoms with E-state index in [1.807, 2.05) is 0 Å². The van der Waals surface area contributed by atoms with Crippen molar-refractivity contribution in [3.63, 3.8) is 0 Å². The van der Waals surface area contributed by atoms with E-state index in [0.717, 1.165) is 35.8 Å². The molecule has 0 aromatic rings. The molecule has 1 saturated heterocycles. The third-order valence-electron chi connectivity index (χ3n) is 7.00. The third kappa shape index (κ3) is 2.99. The van der Waals surface area contributed by atoms with E-state index in [1.165, 1.54) is 57.8 Å². The van der Waals surface area contributed by atoms with Crippen LogP contribution in [0.5, 0.6) is 0 Å². The predicted molar refractivity (Wildman–Crippen MR) is 96.0 cm³/mol. The second-order valence-corrected chi connectivity index (χ2v) is 9.80. The molecule has 2 saturated carbocycles. The van der Waals surface area contributed by atoms with E-state index in [2.05, 4.69) is 39.5 Å².